The minimum atomic E-state index is -1.55. The summed E-state index contributed by atoms with van der Waals surface area (Å²) >= 11 is 0. The molecule has 0 spiro atoms. The zero-order chi connectivity index (χ0) is 17.9. The minimum Gasteiger partial charge on any atom is -0.479 e. The Kier molecular flexibility index (Phi) is 4.65. The van der Waals surface area contributed by atoms with Gasteiger partial charge in [0, 0.05) is 13.1 Å². The van der Waals surface area contributed by atoms with E-state index in [1.54, 1.807) is 42.5 Å². The van der Waals surface area contributed by atoms with Gasteiger partial charge in [-0.1, -0.05) is 30.3 Å². The molecule has 1 aromatic heterocycles. The highest BCUT2D eigenvalue weighted by atomic mass is 16.4. The van der Waals surface area contributed by atoms with Crippen molar-refractivity contribution in [3.8, 4) is 0 Å². The second-order valence-corrected chi connectivity index (χ2v) is 6.22. The number of nitrogens with one attached hydrogen (secondary N) is 1. The normalized spacial score (nSPS) is 16.3. The van der Waals surface area contributed by atoms with Crippen molar-refractivity contribution in [1.82, 2.24) is 15.5 Å². The van der Waals surface area contributed by atoms with Crippen molar-refractivity contribution in [2.24, 2.45) is 0 Å². The predicted octanol–water partition coefficient (Wildman–Crippen LogP) is 1.81. The maximum absolute atomic E-state index is 12.5. The number of hydrogen-bond donors (Lipinski definition) is 2. The molecule has 1 saturated heterocycles. The third-order valence-corrected chi connectivity index (χ3v) is 4.46. The van der Waals surface area contributed by atoms with Crippen LogP contribution in [0.15, 0.2) is 42.5 Å². The number of carbonyl (C=O) groups excluding carboxylic acids is 1. The van der Waals surface area contributed by atoms with Crippen molar-refractivity contribution in [2.75, 3.05) is 18.0 Å². The number of anilines is 1. The molecule has 7 nitrogen and oxygen atoms in total. The van der Waals surface area contributed by atoms with Crippen LogP contribution in [0.2, 0.25) is 0 Å². The van der Waals surface area contributed by atoms with Crippen LogP contribution in [0.25, 0.3) is 0 Å². The molecule has 3 rings (SSSR count). The Labute approximate surface area is 145 Å². The molecule has 2 N–H and O–H groups in total. The van der Waals surface area contributed by atoms with Gasteiger partial charge in [-0.3, -0.25) is 4.79 Å². The maximum atomic E-state index is 12.5. The van der Waals surface area contributed by atoms with E-state index in [0.29, 0.717) is 5.56 Å². The fourth-order valence-electron chi connectivity index (χ4n) is 2.87. The molecule has 0 aliphatic carbocycles. The monoisotopic (exact) mass is 340 g/mol. The van der Waals surface area contributed by atoms with E-state index >= 15 is 0 Å². The van der Waals surface area contributed by atoms with Crippen LogP contribution in [0.3, 0.4) is 0 Å². The molecule has 2 heterocycles. The van der Waals surface area contributed by atoms with Gasteiger partial charge in [-0.15, -0.1) is 10.2 Å². The lowest BCUT2D eigenvalue weighted by molar-refractivity contribution is -0.144. The number of carbonyl (C=O) groups is 2. The van der Waals surface area contributed by atoms with Gasteiger partial charge in [-0.05, 0) is 37.5 Å². The Morgan fingerprint density at radius 3 is 2.32 bits per heavy atom. The van der Waals surface area contributed by atoms with Crippen LogP contribution in [0.1, 0.15) is 35.8 Å². The molecule has 0 bridgehead atoms. The lowest BCUT2D eigenvalue weighted by Crippen LogP contribution is -2.49. The van der Waals surface area contributed by atoms with Crippen molar-refractivity contribution in [2.45, 2.75) is 25.3 Å². The number of rotatable bonds is 5. The molecule has 1 aliphatic heterocycles. The number of amides is 1. The Hall–Kier alpha value is -2.96. The van der Waals surface area contributed by atoms with Crippen molar-refractivity contribution >= 4 is 17.7 Å². The third-order valence-electron chi connectivity index (χ3n) is 4.46. The number of carboxylic acid groups (broad SMARTS) is 1. The SMILES string of the molecule is CC(NC(=O)c1ccc(N2CCCC2)nn1)(C(=O)O)c1ccccc1. The summed E-state index contributed by atoms with van der Waals surface area (Å²) in [5, 5.41) is 20.2. The van der Waals surface area contributed by atoms with Gasteiger partial charge in [0.05, 0.1) is 0 Å². The average Bonchev–Trinajstić information content (AvgIpc) is 3.17. The van der Waals surface area contributed by atoms with E-state index in [1.807, 2.05) is 0 Å². The van der Waals surface area contributed by atoms with Gasteiger partial charge >= 0.3 is 5.97 Å². The summed E-state index contributed by atoms with van der Waals surface area (Å²) in [7, 11) is 0. The molecule has 0 radical (unpaired) electrons. The van der Waals surface area contributed by atoms with Crippen LogP contribution >= 0.6 is 0 Å². The van der Waals surface area contributed by atoms with Gasteiger partial charge < -0.3 is 15.3 Å². The van der Waals surface area contributed by atoms with Crippen molar-refractivity contribution in [3.05, 3.63) is 53.7 Å². The molecule has 7 heteroatoms. The second kappa shape index (κ2) is 6.88. The Morgan fingerprint density at radius 1 is 1.08 bits per heavy atom. The lowest BCUT2D eigenvalue weighted by Gasteiger charge is -2.26. The van der Waals surface area contributed by atoms with Crippen LogP contribution in [0.4, 0.5) is 5.82 Å². The smallest absolute Gasteiger partial charge is 0.333 e. The highest BCUT2D eigenvalue weighted by Crippen LogP contribution is 2.22. The molecule has 1 aliphatic rings. The third kappa shape index (κ3) is 3.45. The molecule has 2 aromatic rings. The molecule has 25 heavy (non-hydrogen) atoms. The summed E-state index contributed by atoms with van der Waals surface area (Å²) in [4.78, 5) is 26.4. The predicted molar refractivity (Wildman–Crippen MR) is 92.4 cm³/mol. The zero-order valence-corrected chi connectivity index (χ0v) is 14.0. The van der Waals surface area contributed by atoms with Gasteiger partial charge in [0.2, 0.25) is 0 Å². The Balaban J connectivity index is 1.79. The molecular weight excluding hydrogens is 320 g/mol. The van der Waals surface area contributed by atoms with Gasteiger partial charge in [0.15, 0.2) is 17.1 Å². The largest absolute Gasteiger partial charge is 0.479 e. The standard InChI is InChI=1S/C18H20N4O3/c1-18(17(24)25,13-7-3-2-4-8-13)19-16(23)14-9-10-15(21-20-14)22-11-5-6-12-22/h2-4,7-10H,5-6,11-12H2,1H3,(H,19,23)(H,24,25). The number of aliphatic carboxylic acids is 1. The van der Waals surface area contributed by atoms with Crippen LogP contribution in [0.5, 0.6) is 0 Å². The second-order valence-electron chi connectivity index (χ2n) is 6.22. The first kappa shape index (κ1) is 16.9. The highest BCUT2D eigenvalue weighted by Gasteiger charge is 2.37. The Morgan fingerprint density at radius 2 is 1.76 bits per heavy atom. The van der Waals surface area contributed by atoms with Crippen LogP contribution in [-0.4, -0.2) is 40.3 Å². The highest BCUT2D eigenvalue weighted by molar-refractivity contribution is 5.96. The van der Waals surface area contributed by atoms with Gasteiger partial charge in [0.25, 0.3) is 5.91 Å². The molecule has 1 aromatic carbocycles. The molecule has 1 fully saturated rings. The first-order valence-electron chi connectivity index (χ1n) is 8.21. The van der Waals surface area contributed by atoms with Gasteiger partial charge in [0.1, 0.15) is 0 Å². The molecule has 1 amide bonds. The van der Waals surface area contributed by atoms with Crippen molar-refractivity contribution in [3.63, 3.8) is 0 Å². The summed E-state index contributed by atoms with van der Waals surface area (Å²) in [6.07, 6.45) is 2.25. The molecule has 130 valence electrons. The quantitative estimate of drug-likeness (QED) is 0.862. The minimum absolute atomic E-state index is 0.0892. The van der Waals surface area contributed by atoms with E-state index in [0.717, 1.165) is 31.7 Å². The van der Waals surface area contributed by atoms with E-state index in [4.69, 9.17) is 0 Å². The number of hydrogen-bond acceptors (Lipinski definition) is 5. The topological polar surface area (TPSA) is 95.4 Å². The Bertz CT molecular complexity index is 758. The van der Waals surface area contributed by atoms with Crippen molar-refractivity contribution < 1.29 is 14.7 Å². The van der Waals surface area contributed by atoms with Crippen molar-refractivity contribution in [1.29, 1.82) is 0 Å². The molecule has 0 saturated carbocycles. The number of carboxylic acids is 1. The van der Waals surface area contributed by atoms with E-state index in [1.165, 1.54) is 6.92 Å². The summed E-state index contributed by atoms with van der Waals surface area (Å²) in [5.74, 6) is -0.985. The van der Waals surface area contributed by atoms with E-state index in [-0.39, 0.29) is 5.69 Å². The number of benzene rings is 1. The van der Waals surface area contributed by atoms with E-state index < -0.39 is 17.4 Å². The number of aromatic nitrogens is 2. The molecule has 1 atom stereocenters. The van der Waals surface area contributed by atoms with Crippen LogP contribution in [-0.2, 0) is 10.3 Å². The summed E-state index contributed by atoms with van der Waals surface area (Å²) < 4.78 is 0. The van der Waals surface area contributed by atoms with E-state index in [9.17, 15) is 14.7 Å². The lowest BCUT2D eigenvalue weighted by atomic mass is 9.92. The fraction of sp³-hybridized carbons (Fsp3) is 0.333. The number of nitrogens with zero attached hydrogens (tertiary/aromatic N) is 3. The molecule has 1 unspecified atom stereocenters. The molecular formula is C18H20N4O3. The summed E-state index contributed by atoms with van der Waals surface area (Å²) in [5.41, 5.74) is -0.975. The van der Waals surface area contributed by atoms with Crippen LogP contribution < -0.4 is 10.2 Å². The maximum Gasteiger partial charge on any atom is 0.333 e. The zero-order valence-electron chi connectivity index (χ0n) is 14.0. The average molecular weight is 340 g/mol. The van der Waals surface area contributed by atoms with Gasteiger partial charge in [-0.25, -0.2) is 4.79 Å². The first-order chi connectivity index (χ1) is 12.0. The van der Waals surface area contributed by atoms with E-state index in [2.05, 4.69) is 20.4 Å². The fourth-order valence-corrected chi connectivity index (χ4v) is 2.87. The van der Waals surface area contributed by atoms with Gasteiger partial charge in [-0.2, -0.15) is 0 Å². The summed E-state index contributed by atoms with van der Waals surface area (Å²) in [6, 6.07) is 11.9. The van der Waals surface area contributed by atoms with Crippen LogP contribution in [0, 0.1) is 0 Å². The first-order valence-corrected chi connectivity index (χ1v) is 8.21. The summed E-state index contributed by atoms with van der Waals surface area (Å²) in [6.45, 7) is 3.32.